The number of hydrogen-bond acceptors (Lipinski definition) is 4. The van der Waals surface area contributed by atoms with Gasteiger partial charge < -0.3 is 9.67 Å². The molecule has 0 unspecified atom stereocenters. The van der Waals surface area contributed by atoms with Crippen LogP contribution in [0.15, 0.2) is 28.0 Å². The van der Waals surface area contributed by atoms with Crippen LogP contribution in [-0.2, 0) is 21.2 Å². The van der Waals surface area contributed by atoms with Crippen LogP contribution in [0.2, 0.25) is 0 Å². The number of nitrogens with zero attached hydrogens (tertiary/aromatic N) is 1. The molecule has 0 bridgehead atoms. The fourth-order valence-corrected chi connectivity index (χ4v) is 2.16. The van der Waals surface area contributed by atoms with E-state index in [9.17, 15) is 18.0 Å². The Morgan fingerprint density at radius 1 is 1.50 bits per heavy atom. The molecule has 0 aliphatic heterocycles. The highest BCUT2D eigenvalue weighted by atomic mass is 32.2. The minimum atomic E-state index is -3.61. The molecule has 1 N–H and O–H groups in total. The maximum absolute atomic E-state index is 11.6. The molecule has 6 nitrogen and oxygen atoms in total. The van der Waals surface area contributed by atoms with Crippen LogP contribution in [0.5, 0.6) is 0 Å². The fourth-order valence-electron chi connectivity index (χ4n) is 1.18. The first kappa shape index (κ1) is 12.4. The van der Waals surface area contributed by atoms with Crippen molar-refractivity contribution in [2.24, 2.45) is 0 Å². The third kappa shape index (κ3) is 2.48. The van der Waals surface area contributed by atoms with Gasteiger partial charge in [0.15, 0.2) is 9.84 Å². The van der Waals surface area contributed by atoms with Gasteiger partial charge in [0.2, 0.25) is 0 Å². The second kappa shape index (κ2) is 4.48. The van der Waals surface area contributed by atoms with E-state index in [0.29, 0.717) is 0 Å². The van der Waals surface area contributed by atoms with E-state index < -0.39 is 27.9 Å². The van der Waals surface area contributed by atoms with Crippen molar-refractivity contribution in [1.82, 2.24) is 4.57 Å². The highest BCUT2D eigenvalue weighted by molar-refractivity contribution is 7.91. The normalized spacial score (nSPS) is 11.3. The molecular weight excluding hydrogens is 234 g/mol. The number of carboxylic acids is 1. The van der Waals surface area contributed by atoms with Gasteiger partial charge in [-0.05, 0) is 12.1 Å². The summed E-state index contributed by atoms with van der Waals surface area (Å²) < 4.78 is 23.9. The lowest BCUT2D eigenvalue weighted by molar-refractivity contribution is -0.137. The number of aliphatic carboxylic acids is 1. The Labute approximate surface area is 92.1 Å². The quantitative estimate of drug-likeness (QED) is 0.787. The van der Waals surface area contributed by atoms with Crippen molar-refractivity contribution in [3.8, 4) is 0 Å². The van der Waals surface area contributed by atoms with E-state index in [1.165, 1.54) is 25.3 Å². The third-order valence-corrected chi connectivity index (χ3v) is 3.75. The second-order valence-corrected chi connectivity index (χ2v) is 5.35. The third-order valence-electron chi connectivity index (χ3n) is 2.01. The molecular formula is C9H11NO5S. The number of sulfone groups is 1. The molecule has 1 rings (SSSR count). The largest absolute Gasteiger partial charge is 0.480 e. The smallest absolute Gasteiger partial charge is 0.323 e. The van der Waals surface area contributed by atoms with Crippen molar-refractivity contribution in [3.05, 3.63) is 28.7 Å². The van der Waals surface area contributed by atoms with Crippen LogP contribution in [-0.4, -0.2) is 29.8 Å². The van der Waals surface area contributed by atoms with Gasteiger partial charge in [0, 0.05) is 6.20 Å². The highest BCUT2D eigenvalue weighted by Crippen LogP contribution is 2.04. The molecule has 7 heteroatoms. The Bertz CT molecular complexity index is 558. The highest BCUT2D eigenvalue weighted by Gasteiger charge is 2.17. The van der Waals surface area contributed by atoms with Gasteiger partial charge in [-0.1, -0.05) is 6.92 Å². The van der Waals surface area contributed by atoms with E-state index in [2.05, 4.69) is 0 Å². The number of carbonyl (C=O) groups is 1. The molecule has 0 fully saturated rings. The molecule has 0 amide bonds. The zero-order valence-corrected chi connectivity index (χ0v) is 9.40. The first-order valence-electron chi connectivity index (χ1n) is 4.52. The summed E-state index contributed by atoms with van der Waals surface area (Å²) in [7, 11) is -3.61. The van der Waals surface area contributed by atoms with E-state index in [0.717, 1.165) is 4.57 Å². The van der Waals surface area contributed by atoms with Crippen molar-refractivity contribution in [2.75, 3.05) is 5.75 Å². The van der Waals surface area contributed by atoms with E-state index in [-0.39, 0.29) is 10.6 Å². The molecule has 0 spiro atoms. The van der Waals surface area contributed by atoms with Gasteiger partial charge in [-0.15, -0.1) is 0 Å². The lowest BCUT2D eigenvalue weighted by Gasteiger charge is -2.05. The fraction of sp³-hybridized carbons (Fsp3) is 0.333. The predicted molar refractivity (Wildman–Crippen MR) is 56.1 cm³/mol. The van der Waals surface area contributed by atoms with Crippen molar-refractivity contribution >= 4 is 15.8 Å². The van der Waals surface area contributed by atoms with Gasteiger partial charge in [0.1, 0.15) is 11.4 Å². The topological polar surface area (TPSA) is 93.4 Å². The summed E-state index contributed by atoms with van der Waals surface area (Å²) in [5.74, 6) is -1.40. The van der Waals surface area contributed by atoms with Crippen LogP contribution >= 0.6 is 0 Å². The first-order chi connectivity index (χ1) is 7.38. The van der Waals surface area contributed by atoms with Gasteiger partial charge in [-0.2, -0.15) is 0 Å². The zero-order chi connectivity index (χ0) is 12.3. The molecule has 0 saturated carbocycles. The molecule has 0 aliphatic carbocycles. The Morgan fingerprint density at radius 2 is 2.12 bits per heavy atom. The van der Waals surface area contributed by atoms with Gasteiger partial charge in [-0.3, -0.25) is 9.59 Å². The maximum Gasteiger partial charge on any atom is 0.323 e. The van der Waals surface area contributed by atoms with E-state index in [1.807, 2.05) is 0 Å². The minimum absolute atomic E-state index is 0.195. The number of hydrogen-bond donors (Lipinski definition) is 1. The Morgan fingerprint density at radius 3 is 2.62 bits per heavy atom. The summed E-state index contributed by atoms with van der Waals surface area (Å²) in [6.45, 7) is 0.870. The summed E-state index contributed by atoms with van der Waals surface area (Å²) in [6.07, 6.45) is 1.24. The molecule has 0 saturated heterocycles. The van der Waals surface area contributed by atoms with Crippen molar-refractivity contribution in [2.45, 2.75) is 18.4 Å². The Hall–Kier alpha value is -1.63. The molecule has 0 atom stereocenters. The average molecular weight is 245 g/mol. The molecule has 0 aliphatic rings. The Balaban J connectivity index is 3.36. The first-order valence-corrected chi connectivity index (χ1v) is 6.17. The standard InChI is InChI=1S/C9H11NO5S/c1-2-16(14,15)7-4-3-5-10(9(7)13)6-8(11)12/h3-5H,2,6H2,1H3,(H,11,12). The van der Waals surface area contributed by atoms with Crippen LogP contribution in [0.25, 0.3) is 0 Å². The number of pyridine rings is 1. The summed E-state index contributed by atoms with van der Waals surface area (Å²) in [5.41, 5.74) is -0.799. The molecule has 1 aromatic heterocycles. The van der Waals surface area contributed by atoms with Crippen LogP contribution in [0.3, 0.4) is 0 Å². The van der Waals surface area contributed by atoms with E-state index >= 15 is 0 Å². The summed E-state index contributed by atoms with van der Waals surface area (Å²) in [6, 6.07) is 2.52. The van der Waals surface area contributed by atoms with Crippen LogP contribution in [0, 0.1) is 0 Å². The van der Waals surface area contributed by atoms with Gasteiger partial charge in [0.25, 0.3) is 5.56 Å². The van der Waals surface area contributed by atoms with Crippen molar-refractivity contribution in [1.29, 1.82) is 0 Å². The van der Waals surface area contributed by atoms with Crippen LogP contribution in [0.1, 0.15) is 6.92 Å². The van der Waals surface area contributed by atoms with Gasteiger partial charge in [-0.25, -0.2) is 8.42 Å². The van der Waals surface area contributed by atoms with Crippen molar-refractivity contribution in [3.63, 3.8) is 0 Å². The van der Waals surface area contributed by atoms with Gasteiger partial charge >= 0.3 is 5.97 Å². The van der Waals surface area contributed by atoms with E-state index in [1.54, 1.807) is 0 Å². The summed E-state index contributed by atoms with van der Waals surface area (Å²) in [4.78, 5) is 21.7. The monoisotopic (exact) mass is 245 g/mol. The van der Waals surface area contributed by atoms with Crippen LogP contribution < -0.4 is 5.56 Å². The average Bonchev–Trinajstić information content (AvgIpc) is 2.20. The van der Waals surface area contributed by atoms with Gasteiger partial charge in [0.05, 0.1) is 5.75 Å². The molecule has 16 heavy (non-hydrogen) atoms. The lowest BCUT2D eigenvalue weighted by Crippen LogP contribution is -2.28. The minimum Gasteiger partial charge on any atom is -0.480 e. The zero-order valence-electron chi connectivity index (χ0n) is 8.58. The SMILES string of the molecule is CCS(=O)(=O)c1cccn(CC(=O)O)c1=O. The number of rotatable bonds is 4. The van der Waals surface area contributed by atoms with Crippen LogP contribution in [0.4, 0.5) is 0 Å². The van der Waals surface area contributed by atoms with Crippen molar-refractivity contribution < 1.29 is 18.3 Å². The summed E-state index contributed by atoms with van der Waals surface area (Å²) >= 11 is 0. The molecule has 0 radical (unpaired) electrons. The maximum atomic E-state index is 11.6. The summed E-state index contributed by atoms with van der Waals surface area (Å²) in [5, 5.41) is 8.53. The predicted octanol–water partition coefficient (Wildman–Crippen LogP) is -0.273. The number of aromatic nitrogens is 1. The number of carboxylic acid groups (broad SMARTS) is 1. The molecule has 1 heterocycles. The Kier molecular flexibility index (Phi) is 3.48. The second-order valence-electron chi connectivity index (χ2n) is 3.10. The lowest BCUT2D eigenvalue weighted by atomic mass is 10.4. The molecule has 0 aromatic carbocycles. The molecule has 88 valence electrons. The molecule has 1 aromatic rings. The van der Waals surface area contributed by atoms with E-state index in [4.69, 9.17) is 5.11 Å².